The summed E-state index contributed by atoms with van der Waals surface area (Å²) in [5.74, 6) is -4.47. The Morgan fingerprint density at radius 1 is 1.10 bits per heavy atom. The monoisotopic (exact) mass is 415 g/mol. The summed E-state index contributed by atoms with van der Waals surface area (Å²) < 4.78 is 55.5. The second-order valence-electron chi connectivity index (χ2n) is 7.44. The van der Waals surface area contributed by atoms with E-state index in [1.807, 2.05) is 0 Å². The summed E-state index contributed by atoms with van der Waals surface area (Å²) in [6.07, 6.45) is 1.78. The summed E-state index contributed by atoms with van der Waals surface area (Å²) in [7, 11) is 0. The van der Waals surface area contributed by atoms with Crippen LogP contribution in [0.4, 0.5) is 17.6 Å². The van der Waals surface area contributed by atoms with Crippen molar-refractivity contribution in [3.63, 3.8) is 0 Å². The summed E-state index contributed by atoms with van der Waals surface area (Å²) in [4.78, 5) is 2.86. The van der Waals surface area contributed by atoms with Gasteiger partial charge in [0.2, 0.25) is 0 Å². The van der Waals surface area contributed by atoms with Crippen molar-refractivity contribution in [3.05, 3.63) is 83.7 Å². The zero-order valence-corrected chi connectivity index (χ0v) is 16.2. The van der Waals surface area contributed by atoms with E-state index in [0.717, 1.165) is 30.4 Å². The quantitative estimate of drug-likeness (QED) is 0.378. The molecule has 156 valence electrons. The number of hydrogen-bond donors (Lipinski definition) is 3. The zero-order valence-electron chi connectivity index (χ0n) is 16.2. The van der Waals surface area contributed by atoms with E-state index in [-0.39, 0.29) is 16.9 Å². The van der Waals surface area contributed by atoms with Gasteiger partial charge in [-0.25, -0.2) is 17.6 Å². The molecule has 1 aliphatic rings. The van der Waals surface area contributed by atoms with E-state index < -0.39 is 23.3 Å². The van der Waals surface area contributed by atoms with E-state index in [9.17, 15) is 17.6 Å². The van der Waals surface area contributed by atoms with Gasteiger partial charge in [0, 0.05) is 29.0 Å². The van der Waals surface area contributed by atoms with E-state index in [1.165, 1.54) is 24.3 Å². The maximum Gasteiger partial charge on any atom is 0.196 e. The van der Waals surface area contributed by atoms with Gasteiger partial charge in [-0.05, 0) is 60.7 Å². The second-order valence-corrected chi connectivity index (χ2v) is 7.44. The van der Waals surface area contributed by atoms with Crippen molar-refractivity contribution in [2.45, 2.75) is 25.3 Å². The van der Waals surface area contributed by atoms with Crippen LogP contribution in [0.2, 0.25) is 0 Å². The summed E-state index contributed by atoms with van der Waals surface area (Å²) in [5.41, 5.74) is 3.24. The van der Waals surface area contributed by atoms with Crippen LogP contribution < -0.4 is 10.6 Å². The third kappa shape index (κ3) is 3.67. The third-order valence-electron chi connectivity index (χ3n) is 5.43. The first kappa shape index (κ1) is 20.1. The van der Waals surface area contributed by atoms with Crippen molar-refractivity contribution >= 4 is 10.9 Å². The molecule has 1 atom stereocenters. The van der Waals surface area contributed by atoms with Crippen molar-refractivity contribution in [2.24, 2.45) is 0 Å². The first-order chi connectivity index (χ1) is 14.3. The fourth-order valence-electron chi connectivity index (χ4n) is 3.84. The maximum absolute atomic E-state index is 14.4. The normalized spacial score (nSPS) is 16.1. The van der Waals surface area contributed by atoms with Gasteiger partial charge < -0.3 is 15.6 Å². The fraction of sp³-hybridized carbons (Fsp3) is 0.217. The molecule has 1 aliphatic heterocycles. The summed E-state index contributed by atoms with van der Waals surface area (Å²) in [6, 6.07) is 6.71. The van der Waals surface area contributed by atoms with Gasteiger partial charge in [-0.15, -0.1) is 0 Å². The first-order valence-electron chi connectivity index (χ1n) is 9.66. The number of H-pyrrole nitrogens is 1. The Morgan fingerprint density at radius 3 is 2.50 bits per heavy atom. The molecule has 4 rings (SSSR count). The smallest absolute Gasteiger partial charge is 0.196 e. The summed E-state index contributed by atoms with van der Waals surface area (Å²) in [5, 5.41) is 6.74. The molecular weight excluding hydrogens is 394 g/mol. The molecule has 2 heterocycles. The molecule has 0 bridgehead atoms. The minimum Gasteiger partial charge on any atom is -0.387 e. The number of aromatic amines is 1. The lowest BCUT2D eigenvalue weighted by Crippen LogP contribution is -2.28. The molecule has 0 aliphatic carbocycles. The average Bonchev–Trinajstić information content (AvgIpc) is 3.29. The van der Waals surface area contributed by atoms with Gasteiger partial charge >= 0.3 is 0 Å². The van der Waals surface area contributed by atoms with Crippen molar-refractivity contribution in [3.8, 4) is 11.3 Å². The molecule has 7 heteroatoms. The Bertz CT molecular complexity index is 1130. The standard InChI is InChI=1S/C23H21F4N3/c1-12(29-19-9-10-28-13(19)2)3-8-16-17-11-18(25)20(26)21(27)23(17)30-22(16)14-4-6-15(24)7-5-14/h4-7,11,19,28-30H,1-3,8-10H2. The van der Waals surface area contributed by atoms with Crippen LogP contribution in [-0.2, 0) is 6.42 Å². The summed E-state index contributed by atoms with van der Waals surface area (Å²) >= 11 is 0. The Balaban J connectivity index is 1.69. The molecule has 1 unspecified atom stereocenters. The van der Waals surface area contributed by atoms with Crippen LogP contribution in [0.3, 0.4) is 0 Å². The number of nitrogens with one attached hydrogen (secondary N) is 3. The van der Waals surface area contributed by atoms with Crippen LogP contribution in [0.1, 0.15) is 18.4 Å². The number of benzene rings is 2. The van der Waals surface area contributed by atoms with Crippen molar-refractivity contribution in [1.29, 1.82) is 0 Å². The Morgan fingerprint density at radius 2 is 1.83 bits per heavy atom. The lowest BCUT2D eigenvalue weighted by Gasteiger charge is -2.17. The van der Waals surface area contributed by atoms with Gasteiger partial charge in [0.05, 0.1) is 11.6 Å². The molecule has 1 saturated heterocycles. The van der Waals surface area contributed by atoms with E-state index in [0.29, 0.717) is 29.7 Å². The minimum absolute atomic E-state index is 0.0843. The average molecular weight is 415 g/mol. The molecule has 2 aromatic carbocycles. The molecule has 0 radical (unpaired) electrons. The first-order valence-corrected chi connectivity index (χ1v) is 9.66. The number of rotatable bonds is 6. The molecule has 0 amide bonds. The highest BCUT2D eigenvalue weighted by Crippen LogP contribution is 2.34. The Kier molecular flexibility index (Phi) is 5.28. The molecule has 1 aromatic heterocycles. The van der Waals surface area contributed by atoms with Gasteiger partial charge in [0.15, 0.2) is 17.5 Å². The van der Waals surface area contributed by atoms with Crippen LogP contribution >= 0.6 is 0 Å². The van der Waals surface area contributed by atoms with Gasteiger partial charge in [0.1, 0.15) is 5.82 Å². The lowest BCUT2D eigenvalue weighted by molar-refractivity contribution is 0.453. The van der Waals surface area contributed by atoms with Crippen LogP contribution in [0.15, 0.2) is 54.9 Å². The Hall–Kier alpha value is -3.22. The number of halogens is 4. The molecule has 3 nitrogen and oxygen atoms in total. The number of allylic oxidation sites excluding steroid dienone is 1. The molecule has 1 fully saturated rings. The predicted molar refractivity (Wildman–Crippen MR) is 110 cm³/mol. The number of aryl methyl sites for hydroxylation is 1. The predicted octanol–water partition coefficient (Wildman–Crippen LogP) is 5.30. The van der Waals surface area contributed by atoms with E-state index >= 15 is 0 Å². The Labute approximate surface area is 171 Å². The van der Waals surface area contributed by atoms with Crippen molar-refractivity contribution < 1.29 is 17.6 Å². The summed E-state index contributed by atoms with van der Waals surface area (Å²) in [6.45, 7) is 8.84. The minimum atomic E-state index is -1.53. The number of fused-ring (bicyclic) bond motifs is 1. The van der Waals surface area contributed by atoms with Crippen LogP contribution in [0.25, 0.3) is 22.2 Å². The second kappa shape index (κ2) is 7.89. The third-order valence-corrected chi connectivity index (χ3v) is 5.43. The van der Waals surface area contributed by atoms with Gasteiger partial charge in [-0.3, -0.25) is 0 Å². The van der Waals surface area contributed by atoms with Crippen LogP contribution in [0.5, 0.6) is 0 Å². The lowest BCUT2D eigenvalue weighted by atomic mass is 10.00. The van der Waals surface area contributed by atoms with Crippen LogP contribution in [0, 0.1) is 23.3 Å². The SMILES string of the molecule is C=C(CCc1c(-c2ccc(F)cc2)[nH]c2c(F)c(F)c(F)cc12)NC1CCNC1=C. The van der Waals surface area contributed by atoms with E-state index in [2.05, 4.69) is 28.8 Å². The van der Waals surface area contributed by atoms with Crippen molar-refractivity contribution in [2.75, 3.05) is 6.54 Å². The van der Waals surface area contributed by atoms with Gasteiger partial charge in [0.25, 0.3) is 0 Å². The molecular formula is C23H21F4N3. The fourth-order valence-corrected chi connectivity index (χ4v) is 3.84. The van der Waals surface area contributed by atoms with Crippen LogP contribution in [-0.4, -0.2) is 17.6 Å². The largest absolute Gasteiger partial charge is 0.387 e. The highest BCUT2D eigenvalue weighted by molar-refractivity contribution is 5.91. The number of aromatic nitrogens is 1. The highest BCUT2D eigenvalue weighted by Gasteiger charge is 2.22. The zero-order chi connectivity index (χ0) is 21.4. The van der Waals surface area contributed by atoms with Gasteiger partial charge in [-0.2, -0.15) is 0 Å². The van der Waals surface area contributed by atoms with Gasteiger partial charge in [-0.1, -0.05) is 13.2 Å². The van der Waals surface area contributed by atoms with E-state index in [4.69, 9.17) is 0 Å². The maximum atomic E-state index is 14.4. The topological polar surface area (TPSA) is 39.9 Å². The molecule has 30 heavy (non-hydrogen) atoms. The molecule has 3 N–H and O–H groups in total. The highest BCUT2D eigenvalue weighted by atomic mass is 19.2. The molecule has 0 saturated carbocycles. The number of hydrogen-bond acceptors (Lipinski definition) is 2. The molecule has 0 spiro atoms. The molecule has 3 aromatic rings. The van der Waals surface area contributed by atoms with E-state index in [1.54, 1.807) is 0 Å². The van der Waals surface area contributed by atoms with Crippen molar-refractivity contribution in [1.82, 2.24) is 15.6 Å².